The molecule has 0 fully saturated rings. The van der Waals surface area contributed by atoms with Gasteiger partial charge in [0.05, 0.1) is 27.0 Å². The first-order valence-electron chi connectivity index (χ1n) is 9.74. The third kappa shape index (κ3) is 4.34. The van der Waals surface area contributed by atoms with E-state index in [1.54, 1.807) is 45.9 Å². The first-order chi connectivity index (χ1) is 14.3. The van der Waals surface area contributed by atoms with Crippen molar-refractivity contribution in [3.63, 3.8) is 0 Å². The van der Waals surface area contributed by atoms with E-state index in [4.69, 9.17) is 39.8 Å². The number of carbonyl (C=O) groups is 1. The lowest BCUT2D eigenvalue weighted by molar-refractivity contribution is 0.0679. The molecule has 8 heteroatoms. The van der Waals surface area contributed by atoms with Crippen LogP contribution in [0.15, 0.2) is 41.2 Å². The smallest absolute Gasteiger partial charge is 0.261 e. The van der Waals surface area contributed by atoms with Crippen molar-refractivity contribution in [2.75, 3.05) is 6.54 Å². The summed E-state index contributed by atoms with van der Waals surface area (Å²) in [5.41, 5.74) is 0.808. The molecule has 0 aliphatic carbocycles. The van der Waals surface area contributed by atoms with E-state index in [9.17, 15) is 9.59 Å². The van der Waals surface area contributed by atoms with Gasteiger partial charge in [0, 0.05) is 23.7 Å². The topological polar surface area (TPSA) is 55.2 Å². The summed E-state index contributed by atoms with van der Waals surface area (Å²) in [7, 11) is 0. The second-order valence-electron chi connectivity index (χ2n) is 6.98. The maximum Gasteiger partial charge on any atom is 0.261 e. The molecule has 0 N–H and O–H groups in total. The Hall–Kier alpha value is -2.08. The highest BCUT2D eigenvalue weighted by Gasteiger charge is 2.26. The summed E-state index contributed by atoms with van der Waals surface area (Å²) in [6.07, 6.45) is 0.747. The van der Waals surface area contributed by atoms with Gasteiger partial charge in [0.25, 0.3) is 11.5 Å². The fraction of sp³-hybridized carbons (Fsp3) is 0.318. The minimum atomic E-state index is -0.431. The van der Waals surface area contributed by atoms with E-state index in [0.717, 1.165) is 6.42 Å². The zero-order valence-electron chi connectivity index (χ0n) is 17.0. The van der Waals surface area contributed by atoms with Gasteiger partial charge in [-0.15, -0.1) is 0 Å². The first kappa shape index (κ1) is 22.6. The Labute approximate surface area is 190 Å². The summed E-state index contributed by atoms with van der Waals surface area (Å²) in [6, 6.07) is 9.42. The molecule has 1 atom stereocenters. The largest absolute Gasteiger partial charge is 0.329 e. The molecule has 5 nitrogen and oxygen atoms in total. The molecule has 1 amide bonds. The lowest BCUT2D eigenvalue weighted by Gasteiger charge is -2.30. The molecule has 30 heavy (non-hydrogen) atoms. The van der Waals surface area contributed by atoms with Crippen LogP contribution in [-0.2, 0) is 6.54 Å². The molecule has 1 aromatic heterocycles. The minimum Gasteiger partial charge on any atom is -0.329 e. The van der Waals surface area contributed by atoms with E-state index in [1.807, 2.05) is 20.8 Å². The van der Waals surface area contributed by atoms with E-state index < -0.39 is 6.04 Å². The van der Waals surface area contributed by atoms with E-state index in [1.165, 1.54) is 0 Å². The Morgan fingerprint density at radius 2 is 1.83 bits per heavy atom. The number of amides is 1. The summed E-state index contributed by atoms with van der Waals surface area (Å²) < 4.78 is 1.59. The fourth-order valence-electron chi connectivity index (χ4n) is 3.48. The van der Waals surface area contributed by atoms with E-state index in [2.05, 4.69) is 0 Å². The Kier molecular flexibility index (Phi) is 7.06. The predicted octanol–water partition coefficient (Wildman–Crippen LogP) is 5.99. The van der Waals surface area contributed by atoms with Crippen LogP contribution in [0, 0.1) is 0 Å². The van der Waals surface area contributed by atoms with Crippen LogP contribution in [-0.4, -0.2) is 26.9 Å². The maximum atomic E-state index is 13.3. The molecule has 0 aliphatic rings. The highest BCUT2D eigenvalue weighted by Crippen LogP contribution is 2.27. The molecule has 1 heterocycles. The number of hydrogen-bond donors (Lipinski definition) is 0. The van der Waals surface area contributed by atoms with Gasteiger partial charge in [0.2, 0.25) is 0 Å². The van der Waals surface area contributed by atoms with Crippen LogP contribution in [0.1, 0.15) is 49.4 Å². The number of fused-ring (bicyclic) bond motifs is 1. The number of benzene rings is 2. The van der Waals surface area contributed by atoms with Crippen molar-refractivity contribution in [2.24, 2.45) is 0 Å². The third-order valence-electron chi connectivity index (χ3n) is 5.00. The lowest BCUT2D eigenvalue weighted by Crippen LogP contribution is -2.38. The van der Waals surface area contributed by atoms with E-state index in [0.29, 0.717) is 50.4 Å². The minimum absolute atomic E-state index is 0.176. The molecule has 158 valence electrons. The zero-order chi connectivity index (χ0) is 22.0. The summed E-state index contributed by atoms with van der Waals surface area (Å²) in [5, 5.41) is 1.64. The molecular weight excluding hydrogens is 445 g/mol. The van der Waals surface area contributed by atoms with Crippen LogP contribution in [0.3, 0.4) is 0 Å². The quantitative estimate of drug-likeness (QED) is 0.448. The van der Waals surface area contributed by atoms with Crippen molar-refractivity contribution in [2.45, 2.75) is 39.8 Å². The monoisotopic (exact) mass is 465 g/mol. The number of aromatic nitrogens is 2. The Morgan fingerprint density at radius 3 is 2.47 bits per heavy atom. The standard InChI is InChI=1S/C22H22Cl3N3O2/c1-4-10-28(21(29)14-6-8-17(24)18(25)11-14)13(3)20-26-19-9-7-15(23)12-16(19)22(30)27(20)5-2/h6-9,11-13H,4-5,10H2,1-3H3. The Morgan fingerprint density at radius 1 is 1.10 bits per heavy atom. The van der Waals surface area contributed by atoms with Crippen molar-refractivity contribution in [1.29, 1.82) is 0 Å². The highest BCUT2D eigenvalue weighted by atomic mass is 35.5. The zero-order valence-corrected chi connectivity index (χ0v) is 19.2. The van der Waals surface area contributed by atoms with Crippen LogP contribution in [0.5, 0.6) is 0 Å². The average molecular weight is 467 g/mol. The molecule has 0 bridgehead atoms. The van der Waals surface area contributed by atoms with Gasteiger partial charge in [0.15, 0.2) is 0 Å². The van der Waals surface area contributed by atoms with E-state index in [-0.39, 0.29) is 11.5 Å². The van der Waals surface area contributed by atoms with Crippen LogP contribution in [0.25, 0.3) is 10.9 Å². The summed E-state index contributed by atoms with van der Waals surface area (Å²) in [6.45, 7) is 6.67. The van der Waals surface area contributed by atoms with Crippen molar-refractivity contribution >= 4 is 51.6 Å². The molecular formula is C22H22Cl3N3O2. The van der Waals surface area contributed by atoms with Gasteiger partial charge in [-0.3, -0.25) is 14.2 Å². The number of halogens is 3. The number of hydrogen-bond acceptors (Lipinski definition) is 3. The van der Waals surface area contributed by atoms with E-state index >= 15 is 0 Å². The highest BCUT2D eigenvalue weighted by molar-refractivity contribution is 6.42. The Balaban J connectivity index is 2.11. The van der Waals surface area contributed by atoms with Crippen LogP contribution >= 0.6 is 34.8 Å². The Bertz CT molecular complexity index is 1160. The normalized spacial score (nSPS) is 12.2. The van der Waals surface area contributed by atoms with Gasteiger partial charge in [-0.1, -0.05) is 41.7 Å². The van der Waals surface area contributed by atoms with Crippen LogP contribution < -0.4 is 5.56 Å². The van der Waals surface area contributed by atoms with Crippen LogP contribution in [0.2, 0.25) is 15.1 Å². The maximum absolute atomic E-state index is 13.3. The molecule has 0 aliphatic heterocycles. The second kappa shape index (κ2) is 9.38. The first-order valence-corrected chi connectivity index (χ1v) is 10.9. The predicted molar refractivity (Wildman–Crippen MR) is 123 cm³/mol. The van der Waals surface area contributed by atoms with Crippen molar-refractivity contribution in [3.8, 4) is 0 Å². The van der Waals surface area contributed by atoms with Gasteiger partial charge < -0.3 is 4.90 Å². The van der Waals surface area contributed by atoms with Crippen molar-refractivity contribution in [3.05, 3.63) is 73.2 Å². The number of carbonyl (C=O) groups excluding carboxylic acids is 1. The molecule has 0 saturated heterocycles. The lowest BCUT2D eigenvalue weighted by atomic mass is 10.1. The van der Waals surface area contributed by atoms with Gasteiger partial charge in [-0.05, 0) is 56.7 Å². The fourth-order valence-corrected chi connectivity index (χ4v) is 3.95. The van der Waals surface area contributed by atoms with Crippen molar-refractivity contribution in [1.82, 2.24) is 14.5 Å². The SMILES string of the molecule is CCCN(C(=O)c1ccc(Cl)c(Cl)c1)C(C)c1nc2ccc(Cl)cc2c(=O)n1CC. The van der Waals surface area contributed by atoms with Gasteiger partial charge >= 0.3 is 0 Å². The van der Waals surface area contributed by atoms with Gasteiger partial charge in [0.1, 0.15) is 5.82 Å². The molecule has 1 unspecified atom stereocenters. The summed E-state index contributed by atoms with van der Waals surface area (Å²) in [4.78, 5) is 32.8. The van der Waals surface area contributed by atoms with Gasteiger partial charge in [-0.2, -0.15) is 0 Å². The number of nitrogens with zero attached hydrogens (tertiary/aromatic N) is 3. The molecule has 0 saturated carbocycles. The van der Waals surface area contributed by atoms with Gasteiger partial charge in [-0.25, -0.2) is 4.98 Å². The van der Waals surface area contributed by atoms with Crippen LogP contribution in [0.4, 0.5) is 0 Å². The molecule has 2 aromatic carbocycles. The molecule has 0 spiro atoms. The second-order valence-corrected chi connectivity index (χ2v) is 8.24. The average Bonchev–Trinajstić information content (AvgIpc) is 2.73. The summed E-state index contributed by atoms with van der Waals surface area (Å²) >= 11 is 18.2. The summed E-state index contributed by atoms with van der Waals surface area (Å²) in [5.74, 6) is 0.329. The molecule has 0 radical (unpaired) electrons. The number of rotatable bonds is 6. The third-order valence-corrected chi connectivity index (χ3v) is 5.97. The molecule has 3 rings (SSSR count). The molecule has 3 aromatic rings. The van der Waals surface area contributed by atoms with Crippen molar-refractivity contribution < 1.29 is 4.79 Å².